The molecule has 0 fully saturated rings. The summed E-state index contributed by atoms with van der Waals surface area (Å²) in [6.07, 6.45) is -0.141. The van der Waals surface area contributed by atoms with Gasteiger partial charge in [0.15, 0.2) is 0 Å². The quantitative estimate of drug-likeness (QED) is 0.499. The Bertz CT molecular complexity index is 1180. The van der Waals surface area contributed by atoms with Gasteiger partial charge in [0.1, 0.15) is 40.9 Å². The fraction of sp³-hybridized carbons (Fsp3) is 0.182. The van der Waals surface area contributed by atoms with Gasteiger partial charge in [-0.1, -0.05) is 18.2 Å². The number of aromatic nitrogens is 2. The first kappa shape index (κ1) is 22.9. The van der Waals surface area contributed by atoms with Crippen molar-refractivity contribution in [2.75, 3.05) is 19.5 Å². The lowest BCUT2D eigenvalue weighted by molar-refractivity contribution is -0.206. The van der Waals surface area contributed by atoms with Crippen LogP contribution in [-0.4, -0.2) is 29.8 Å². The summed E-state index contributed by atoms with van der Waals surface area (Å²) in [5.41, 5.74) is 7.85. The molecule has 1 aromatic carbocycles. The van der Waals surface area contributed by atoms with Crippen molar-refractivity contribution in [3.8, 4) is 29.0 Å². The molecule has 3 rings (SSSR count). The molecule has 32 heavy (non-hydrogen) atoms. The molecule has 0 aliphatic carbocycles. The van der Waals surface area contributed by atoms with Crippen LogP contribution >= 0.6 is 11.8 Å². The summed E-state index contributed by atoms with van der Waals surface area (Å²) in [5, 5.41) is 19.8. The molecule has 0 aliphatic rings. The Kier molecular flexibility index (Phi) is 7.21. The number of nitriles is 2. The van der Waals surface area contributed by atoms with Gasteiger partial charge in [-0.3, -0.25) is 4.98 Å². The first-order chi connectivity index (χ1) is 15.4. The Morgan fingerprint density at radius 3 is 2.44 bits per heavy atom. The maximum Gasteiger partial charge on any atom is 0.421 e. The molecule has 2 N–H and O–H groups in total. The molecule has 0 atom stereocenters. The zero-order chi connectivity index (χ0) is 23.1. The predicted octanol–water partition coefficient (Wildman–Crippen LogP) is 4.38. The lowest BCUT2D eigenvalue weighted by Crippen LogP contribution is -2.30. The number of rotatable bonds is 8. The van der Waals surface area contributed by atoms with Crippen LogP contribution in [0.3, 0.4) is 0 Å². The van der Waals surface area contributed by atoms with Gasteiger partial charge >= 0.3 is 6.11 Å². The van der Waals surface area contributed by atoms with Crippen LogP contribution in [0.1, 0.15) is 16.7 Å². The minimum absolute atomic E-state index is 0.0258. The van der Waals surface area contributed by atoms with Gasteiger partial charge < -0.3 is 15.2 Å². The molecule has 3 aromatic rings. The Labute approximate surface area is 187 Å². The molecule has 0 saturated carbocycles. The third kappa shape index (κ3) is 5.30. The van der Waals surface area contributed by atoms with E-state index >= 15 is 0 Å². The number of alkyl halides is 2. The van der Waals surface area contributed by atoms with E-state index in [4.69, 9.17) is 5.73 Å². The number of methoxy groups -OCH3 is 1. The average Bonchev–Trinajstić information content (AvgIpc) is 2.78. The SMILES string of the molecule is COCC(F)(F)Oc1ccc(-c2c(C#N)c(N)nc(SCc3cccnc3)c2C#N)cc1. The zero-order valence-corrected chi connectivity index (χ0v) is 17.7. The Balaban J connectivity index is 1.98. The minimum Gasteiger partial charge on any atom is -0.431 e. The normalized spacial score (nSPS) is 10.9. The summed E-state index contributed by atoms with van der Waals surface area (Å²) in [5.74, 6) is 0.366. The van der Waals surface area contributed by atoms with Crippen LogP contribution in [0.15, 0.2) is 53.8 Å². The summed E-state index contributed by atoms with van der Waals surface area (Å²) in [6, 6.07) is 13.4. The van der Waals surface area contributed by atoms with Crippen molar-refractivity contribution in [1.29, 1.82) is 10.5 Å². The standard InChI is InChI=1S/C22H17F2N5O2S/c1-30-13-22(23,24)31-16-6-4-15(5-7-16)19-17(9-25)20(27)29-21(18(19)10-26)32-12-14-3-2-8-28-11-14/h2-8,11H,12-13H2,1H3,(H2,27,29). The van der Waals surface area contributed by atoms with Gasteiger partial charge in [0.2, 0.25) is 0 Å². The van der Waals surface area contributed by atoms with E-state index in [1.54, 1.807) is 18.5 Å². The number of hydrogen-bond acceptors (Lipinski definition) is 8. The van der Waals surface area contributed by atoms with E-state index in [0.29, 0.717) is 16.3 Å². The van der Waals surface area contributed by atoms with Crippen LogP contribution in [0.2, 0.25) is 0 Å². The van der Waals surface area contributed by atoms with Gasteiger partial charge in [0.25, 0.3) is 0 Å². The molecule has 0 radical (unpaired) electrons. The van der Waals surface area contributed by atoms with E-state index in [2.05, 4.69) is 25.5 Å². The Hall–Kier alpha value is -3.73. The van der Waals surface area contributed by atoms with Crippen LogP contribution < -0.4 is 10.5 Å². The highest BCUT2D eigenvalue weighted by molar-refractivity contribution is 7.98. The molecule has 162 valence electrons. The third-order valence-corrected chi connectivity index (χ3v) is 5.28. The second-order valence-corrected chi connectivity index (χ2v) is 7.46. The van der Waals surface area contributed by atoms with Crippen molar-refractivity contribution in [1.82, 2.24) is 9.97 Å². The van der Waals surface area contributed by atoms with Gasteiger partial charge in [-0.2, -0.15) is 19.3 Å². The number of nitrogens with zero attached hydrogens (tertiary/aromatic N) is 4. The van der Waals surface area contributed by atoms with E-state index in [9.17, 15) is 19.3 Å². The number of halogens is 2. The number of nitrogens with two attached hydrogens (primary N) is 1. The molecule has 0 bridgehead atoms. The number of pyridine rings is 2. The molecule has 0 unspecified atom stereocenters. The van der Waals surface area contributed by atoms with Crippen molar-refractivity contribution in [3.05, 3.63) is 65.5 Å². The highest BCUT2D eigenvalue weighted by atomic mass is 32.2. The maximum absolute atomic E-state index is 13.6. The highest BCUT2D eigenvalue weighted by Crippen LogP contribution is 2.37. The summed E-state index contributed by atoms with van der Waals surface area (Å²) >= 11 is 1.28. The number of hydrogen-bond donors (Lipinski definition) is 1. The summed E-state index contributed by atoms with van der Waals surface area (Å²) in [6.45, 7) is -0.898. The number of nitrogen functional groups attached to an aromatic ring is 1. The van der Waals surface area contributed by atoms with Gasteiger partial charge in [-0.05, 0) is 29.3 Å². The largest absolute Gasteiger partial charge is 0.431 e. The lowest BCUT2D eigenvalue weighted by Gasteiger charge is -2.17. The van der Waals surface area contributed by atoms with Crippen LogP contribution in [0.25, 0.3) is 11.1 Å². The second-order valence-electron chi connectivity index (χ2n) is 6.50. The van der Waals surface area contributed by atoms with Gasteiger partial charge in [0.05, 0.1) is 5.56 Å². The number of thioether (sulfide) groups is 1. The molecule has 2 aromatic heterocycles. The van der Waals surface area contributed by atoms with Crippen molar-refractivity contribution < 1.29 is 18.3 Å². The molecular formula is C22H17F2N5O2S. The van der Waals surface area contributed by atoms with Crippen LogP contribution in [0, 0.1) is 22.7 Å². The second kappa shape index (κ2) is 10.1. The number of anilines is 1. The number of ether oxygens (including phenoxy) is 2. The first-order valence-electron chi connectivity index (χ1n) is 9.20. The van der Waals surface area contributed by atoms with Crippen LogP contribution in [0.4, 0.5) is 14.6 Å². The topological polar surface area (TPSA) is 118 Å². The van der Waals surface area contributed by atoms with Crippen molar-refractivity contribution in [3.63, 3.8) is 0 Å². The fourth-order valence-corrected chi connectivity index (χ4v) is 3.82. The molecule has 10 heteroatoms. The third-order valence-electron chi connectivity index (χ3n) is 4.24. The first-order valence-corrected chi connectivity index (χ1v) is 10.2. The highest BCUT2D eigenvalue weighted by Gasteiger charge is 2.31. The van der Waals surface area contributed by atoms with E-state index in [0.717, 1.165) is 12.7 Å². The molecular weight excluding hydrogens is 436 g/mol. The Morgan fingerprint density at radius 1 is 1.12 bits per heavy atom. The summed E-state index contributed by atoms with van der Waals surface area (Å²) in [4.78, 5) is 8.30. The average molecular weight is 453 g/mol. The van der Waals surface area contributed by atoms with E-state index in [-0.39, 0.29) is 28.3 Å². The van der Waals surface area contributed by atoms with Gasteiger partial charge in [-0.25, -0.2) is 4.98 Å². The zero-order valence-electron chi connectivity index (χ0n) is 16.9. The van der Waals surface area contributed by atoms with Crippen LogP contribution in [0.5, 0.6) is 5.75 Å². The molecule has 0 aliphatic heterocycles. The van der Waals surface area contributed by atoms with E-state index in [1.165, 1.54) is 36.0 Å². The van der Waals surface area contributed by atoms with Crippen molar-refractivity contribution >= 4 is 17.6 Å². The Morgan fingerprint density at radius 2 is 1.84 bits per heavy atom. The molecule has 0 amide bonds. The summed E-state index contributed by atoms with van der Waals surface area (Å²) in [7, 11) is 1.14. The van der Waals surface area contributed by atoms with Crippen LogP contribution in [-0.2, 0) is 10.5 Å². The van der Waals surface area contributed by atoms with Crippen molar-refractivity contribution in [2.45, 2.75) is 16.9 Å². The summed E-state index contributed by atoms with van der Waals surface area (Å²) < 4.78 is 36.4. The maximum atomic E-state index is 13.6. The molecule has 0 saturated heterocycles. The molecule has 7 nitrogen and oxygen atoms in total. The van der Waals surface area contributed by atoms with E-state index in [1.807, 2.05) is 12.1 Å². The minimum atomic E-state index is -3.50. The molecule has 2 heterocycles. The van der Waals surface area contributed by atoms with Crippen molar-refractivity contribution in [2.24, 2.45) is 0 Å². The molecule has 0 spiro atoms. The van der Waals surface area contributed by atoms with Gasteiger partial charge in [0, 0.05) is 30.8 Å². The smallest absolute Gasteiger partial charge is 0.421 e. The number of benzene rings is 1. The fourth-order valence-electron chi connectivity index (χ4n) is 2.89. The van der Waals surface area contributed by atoms with Gasteiger partial charge in [-0.15, -0.1) is 11.8 Å². The predicted molar refractivity (Wildman–Crippen MR) is 115 cm³/mol. The van der Waals surface area contributed by atoms with E-state index < -0.39 is 12.7 Å². The lowest BCUT2D eigenvalue weighted by atomic mass is 9.97. The monoisotopic (exact) mass is 453 g/mol.